The van der Waals surface area contributed by atoms with Crippen LogP contribution >= 0.6 is 0 Å². The van der Waals surface area contributed by atoms with E-state index in [2.05, 4.69) is 10.6 Å². The van der Waals surface area contributed by atoms with E-state index >= 15 is 0 Å². The first-order valence-corrected chi connectivity index (χ1v) is 6.60. The van der Waals surface area contributed by atoms with Crippen LogP contribution in [0.4, 0.5) is 13.6 Å². The van der Waals surface area contributed by atoms with E-state index in [-0.39, 0.29) is 11.5 Å². The maximum Gasteiger partial charge on any atom is 0.315 e. The summed E-state index contributed by atoms with van der Waals surface area (Å²) in [5.41, 5.74) is 0.203. The Morgan fingerprint density at radius 3 is 2.85 bits per heavy atom. The van der Waals surface area contributed by atoms with E-state index in [1.807, 2.05) is 0 Å². The van der Waals surface area contributed by atoms with Gasteiger partial charge in [0.25, 0.3) is 0 Å². The summed E-state index contributed by atoms with van der Waals surface area (Å²) in [6.45, 7) is 0.765. The summed E-state index contributed by atoms with van der Waals surface area (Å²) < 4.78 is 31.9. The Hall–Kier alpha value is -1.69. The fourth-order valence-electron chi connectivity index (χ4n) is 2.09. The van der Waals surface area contributed by atoms with Crippen molar-refractivity contribution in [3.8, 4) is 0 Å². The fourth-order valence-corrected chi connectivity index (χ4v) is 2.09. The van der Waals surface area contributed by atoms with E-state index in [0.717, 1.165) is 31.0 Å². The Labute approximate surface area is 116 Å². The molecule has 2 rings (SSSR count). The first-order valence-electron chi connectivity index (χ1n) is 6.60. The quantitative estimate of drug-likeness (QED) is 0.788. The highest BCUT2D eigenvalue weighted by molar-refractivity contribution is 5.74. The minimum Gasteiger partial charge on any atom is -0.383 e. The highest BCUT2D eigenvalue weighted by Crippen LogP contribution is 2.41. The van der Waals surface area contributed by atoms with Crippen molar-refractivity contribution in [1.82, 2.24) is 10.6 Å². The van der Waals surface area contributed by atoms with Crippen LogP contribution in [-0.2, 0) is 4.74 Å². The number of carbonyl (C=O) groups is 1. The zero-order valence-corrected chi connectivity index (χ0v) is 11.3. The summed E-state index contributed by atoms with van der Waals surface area (Å²) in [4.78, 5) is 11.7. The molecule has 0 unspecified atom stereocenters. The molecule has 1 saturated carbocycles. The third kappa shape index (κ3) is 3.90. The van der Waals surface area contributed by atoms with Gasteiger partial charge in [-0.3, -0.25) is 0 Å². The normalized spacial score (nSPS) is 15.8. The predicted molar refractivity (Wildman–Crippen MR) is 70.2 cm³/mol. The second-order valence-corrected chi connectivity index (χ2v) is 4.87. The van der Waals surface area contributed by atoms with Gasteiger partial charge in [0.15, 0.2) is 0 Å². The molecule has 1 aromatic rings. The van der Waals surface area contributed by atoms with Gasteiger partial charge < -0.3 is 15.4 Å². The molecule has 1 atom stereocenters. The lowest BCUT2D eigenvalue weighted by Crippen LogP contribution is -2.40. The van der Waals surface area contributed by atoms with Gasteiger partial charge in [-0.2, -0.15) is 0 Å². The number of hydrogen-bond donors (Lipinski definition) is 2. The third-order valence-corrected chi connectivity index (χ3v) is 3.26. The van der Waals surface area contributed by atoms with Gasteiger partial charge in [0.05, 0.1) is 12.6 Å². The highest BCUT2D eigenvalue weighted by Gasteiger charge is 2.35. The summed E-state index contributed by atoms with van der Waals surface area (Å²) in [6, 6.07) is 2.41. The first-order chi connectivity index (χ1) is 9.61. The van der Waals surface area contributed by atoms with Crippen molar-refractivity contribution in [2.24, 2.45) is 5.92 Å². The molecule has 1 aliphatic carbocycles. The smallest absolute Gasteiger partial charge is 0.315 e. The lowest BCUT2D eigenvalue weighted by Gasteiger charge is -2.20. The number of amides is 2. The SMILES string of the molecule is COCCNC(=O)N[C@@H](c1cc(F)ccc1F)C1CC1. The average molecular weight is 284 g/mol. The molecule has 20 heavy (non-hydrogen) atoms. The predicted octanol–water partition coefficient (Wildman–Crippen LogP) is 2.36. The van der Waals surface area contributed by atoms with Crippen molar-refractivity contribution >= 4 is 6.03 Å². The Balaban J connectivity index is 2.04. The number of methoxy groups -OCH3 is 1. The van der Waals surface area contributed by atoms with Gasteiger partial charge in [-0.05, 0) is 37.0 Å². The molecule has 0 aliphatic heterocycles. The number of nitrogens with one attached hydrogen (secondary N) is 2. The molecule has 0 bridgehead atoms. The maximum atomic E-state index is 13.8. The van der Waals surface area contributed by atoms with Crippen molar-refractivity contribution in [2.75, 3.05) is 20.3 Å². The number of urea groups is 1. The number of hydrogen-bond acceptors (Lipinski definition) is 2. The highest BCUT2D eigenvalue weighted by atomic mass is 19.1. The lowest BCUT2D eigenvalue weighted by molar-refractivity contribution is 0.194. The van der Waals surface area contributed by atoms with Crippen LogP contribution in [0.5, 0.6) is 0 Å². The first kappa shape index (κ1) is 14.7. The molecule has 0 spiro atoms. The molecule has 1 fully saturated rings. The van der Waals surface area contributed by atoms with E-state index in [4.69, 9.17) is 4.74 Å². The largest absolute Gasteiger partial charge is 0.383 e. The van der Waals surface area contributed by atoms with Gasteiger partial charge in [-0.25, -0.2) is 13.6 Å². The van der Waals surface area contributed by atoms with Crippen LogP contribution in [-0.4, -0.2) is 26.3 Å². The molecule has 1 aromatic carbocycles. The summed E-state index contributed by atoms with van der Waals surface area (Å²) in [5.74, 6) is -0.839. The minimum atomic E-state index is -0.506. The number of benzene rings is 1. The molecule has 2 N–H and O–H groups in total. The van der Waals surface area contributed by atoms with E-state index in [0.29, 0.717) is 13.2 Å². The van der Waals surface area contributed by atoms with Crippen LogP contribution in [0.3, 0.4) is 0 Å². The van der Waals surface area contributed by atoms with Gasteiger partial charge in [0.1, 0.15) is 11.6 Å². The molecule has 110 valence electrons. The fraction of sp³-hybridized carbons (Fsp3) is 0.500. The number of rotatable bonds is 6. The second-order valence-electron chi connectivity index (χ2n) is 4.87. The molecule has 0 aromatic heterocycles. The Morgan fingerprint density at radius 2 is 2.20 bits per heavy atom. The van der Waals surface area contributed by atoms with Crippen molar-refractivity contribution in [3.63, 3.8) is 0 Å². The Kier molecular flexibility index (Phi) is 4.89. The van der Waals surface area contributed by atoms with Gasteiger partial charge in [-0.1, -0.05) is 0 Å². The van der Waals surface area contributed by atoms with Crippen LogP contribution in [0.1, 0.15) is 24.4 Å². The molecular formula is C14H18F2N2O2. The monoisotopic (exact) mass is 284 g/mol. The molecular weight excluding hydrogens is 266 g/mol. The Bertz CT molecular complexity index is 478. The minimum absolute atomic E-state index is 0.166. The van der Waals surface area contributed by atoms with E-state index < -0.39 is 23.7 Å². The maximum absolute atomic E-state index is 13.8. The van der Waals surface area contributed by atoms with E-state index in [1.165, 1.54) is 7.11 Å². The molecule has 2 amide bonds. The number of halogens is 2. The summed E-state index contributed by atoms with van der Waals surface area (Å²) in [6.07, 6.45) is 1.80. The van der Waals surface area contributed by atoms with Crippen LogP contribution in [0.25, 0.3) is 0 Å². The standard InChI is InChI=1S/C14H18F2N2O2/c1-20-7-6-17-14(19)18-13(9-2-3-9)11-8-10(15)4-5-12(11)16/h4-5,8-9,13H,2-3,6-7H2,1H3,(H2,17,18,19)/t13-/m1/s1. The second kappa shape index (κ2) is 6.65. The molecule has 4 nitrogen and oxygen atoms in total. The average Bonchev–Trinajstić information content (AvgIpc) is 3.24. The zero-order valence-electron chi connectivity index (χ0n) is 11.3. The van der Waals surface area contributed by atoms with E-state index in [1.54, 1.807) is 0 Å². The van der Waals surface area contributed by atoms with Crippen LogP contribution in [0.2, 0.25) is 0 Å². The van der Waals surface area contributed by atoms with Crippen molar-refractivity contribution in [2.45, 2.75) is 18.9 Å². The van der Waals surface area contributed by atoms with Gasteiger partial charge >= 0.3 is 6.03 Å². The van der Waals surface area contributed by atoms with Crippen LogP contribution < -0.4 is 10.6 Å². The molecule has 1 aliphatic rings. The zero-order chi connectivity index (χ0) is 14.5. The Morgan fingerprint density at radius 1 is 1.45 bits per heavy atom. The van der Waals surface area contributed by atoms with Gasteiger partial charge in [0, 0.05) is 19.2 Å². The summed E-state index contributed by atoms with van der Waals surface area (Å²) in [5, 5.41) is 5.32. The van der Waals surface area contributed by atoms with Gasteiger partial charge in [-0.15, -0.1) is 0 Å². The van der Waals surface area contributed by atoms with Gasteiger partial charge in [0.2, 0.25) is 0 Å². The van der Waals surface area contributed by atoms with Crippen molar-refractivity contribution < 1.29 is 18.3 Å². The summed E-state index contributed by atoms with van der Waals surface area (Å²) in [7, 11) is 1.54. The van der Waals surface area contributed by atoms with Crippen LogP contribution in [0.15, 0.2) is 18.2 Å². The van der Waals surface area contributed by atoms with Crippen LogP contribution in [0, 0.1) is 17.6 Å². The van der Waals surface area contributed by atoms with Crippen molar-refractivity contribution in [3.05, 3.63) is 35.4 Å². The molecule has 0 radical (unpaired) electrons. The third-order valence-electron chi connectivity index (χ3n) is 3.26. The number of ether oxygens (including phenoxy) is 1. The van der Waals surface area contributed by atoms with Crippen molar-refractivity contribution in [1.29, 1.82) is 0 Å². The topological polar surface area (TPSA) is 50.4 Å². The number of carbonyl (C=O) groups excluding carboxylic acids is 1. The lowest BCUT2D eigenvalue weighted by atomic mass is 10.0. The summed E-state index contributed by atoms with van der Waals surface area (Å²) >= 11 is 0. The molecule has 0 heterocycles. The molecule has 6 heteroatoms. The van der Waals surface area contributed by atoms with E-state index in [9.17, 15) is 13.6 Å². The molecule has 0 saturated heterocycles.